The lowest BCUT2D eigenvalue weighted by Gasteiger charge is -2.06. The lowest BCUT2D eigenvalue weighted by atomic mass is 10.1. The number of carboxylic acids is 1. The van der Waals surface area contributed by atoms with E-state index in [9.17, 15) is 13.2 Å². The highest BCUT2D eigenvalue weighted by Crippen LogP contribution is 2.05. The van der Waals surface area contributed by atoms with E-state index in [1.165, 1.54) is 19.2 Å². The molecule has 19 heavy (non-hydrogen) atoms. The number of benzene rings is 1. The van der Waals surface area contributed by atoms with Crippen LogP contribution in [-0.4, -0.2) is 45.5 Å². The van der Waals surface area contributed by atoms with Crippen molar-refractivity contribution in [1.29, 1.82) is 0 Å². The van der Waals surface area contributed by atoms with Crippen LogP contribution in [0.25, 0.3) is 0 Å². The Bertz CT molecular complexity index is 527. The topological polar surface area (TPSA) is 92.7 Å². The van der Waals surface area contributed by atoms with Crippen molar-refractivity contribution in [2.45, 2.75) is 6.42 Å². The molecule has 0 aliphatic carbocycles. The molecule has 0 radical (unpaired) electrons. The second kappa shape index (κ2) is 7.22. The minimum atomic E-state index is -3.33. The van der Waals surface area contributed by atoms with E-state index >= 15 is 0 Å². The normalized spacial score (nSPS) is 11.4. The first-order valence-electron chi connectivity index (χ1n) is 5.73. The fraction of sp³-hybridized carbons (Fsp3) is 0.417. The molecule has 0 bridgehead atoms. The maximum Gasteiger partial charge on any atom is 0.335 e. The van der Waals surface area contributed by atoms with Gasteiger partial charge in [-0.2, -0.15) is 0 Å². The first kappa shape index (κ1) is 15.6. The molecule has 2 N–H and O–H groups in total. The Hall–Kier alpha value is -1.44. The van der Waals surface area contributed by atoms with Gasteiger partial charge in [0.15, 0.2) is 0 Å². The molecule has 1 aromatic rings. The Morgan fingerprint density at radius 3 is 2.79 bits per heavy atom. The van der Waals surface area contributed by atoms with Gasteiger partial charge in [0, 0.05) is 13.7 Å². The molecule has 0 atom stereocenters. The molecule has 1 rings (SSSR count). The Balaban J connectivity index is 2.49. The van der Waals surface area contributed by atoms with E-state index < -0.39 is 16.0 Å². The molecule has 0 fully saturated rings. The molecule has 0 heterocycles. The smallest absolute Gasteiger partial charge is 0.335 e. The van der Waals surface area contributed by atoms with Crippen LogP contribution in [-0.2, 0) is 21.2 Å². The molecule has 7 heteroatoms. The van der Waals surface area contributed by atoms with Crippen molar-refractivity contribution in [1.82, 2.24) is 4.72 Å². The lowest BCUT2D eigenvalue weighted by molar-refractivity contribution is 0.0696. The predicted molar refractivity (Wildman–Crippen MR) is 70.8 cm³/mol. The average molecular weight is 287 g/mol. The van der Waals surface area contributed by atoms with Crippen molar-refractivity contribution in [3.63, 3.8) is 0 Å². The number of nitrogens with one attached hydrogen (secondary N) is 1. The van der Waals surface area contributed by atoms with E-state index in [1.54, 1.807) is 12.1 Å². The van der Waals surface area contributed by atoms with Gasteiger partial charge >= 0.3 is 5.97 Å². The quantitative estimate of drug-likeness (QED) is 0.726. The van der Waals surface area contributed by atoms with Crippen LogP contribution in [0.1, 0.15) is 15.9 Å². The first-order chi connectivity index (χ1) is 8.94. The van der Waals surface area contributed by atoms with Crippen LogP contribution < -0.4 is 4.72 Å². The first-order valence-corrected chi connectivity index (χ1v) is 7.38. The van der Waals surface area contributed by atoms with Crippen molar-refractivity contribution in [2.24, 2.45) is 0 Å². The molecule has 0 unspecified atom stereocenters. The second-order valence-corrected chi connectivity index (χ2v) is 5.89. The molecular weight excluding hydrogens is 270 g/mol. The highest BCUT2D eigenvalue weighted by molar-refractivity contribution is 7.89. The number of aromatic carboxylic acids is 1. The summed E-state index contributed by atoms with van der Waals surface area (Å²) < 4.78 is 30.1. The van der Waals surface area contributed by atoms with Gasteiger partial charge in [0.1, 0.15) is 0 Å². The molecule has 0 amide bonds. The fourth-order valence-corrected chi connectivity index (χ4v) is 2.42. The van der Waals surface area contributed by atoms with Gasteiger partial charge in [-0.05, 0) is 24.1 Å². The Labute approximate surface area is 112 Å². The number of rotatable bonds is 8. The number of sulfonamides is 1. The SMILES string of the molecule is COCCS(=O)(=O)NCCc1cccc(C(=O)O)c1. The van der Waals surface area contributed by atoms with Crippen LogP contribution in [0.5, 0.6) is 0 Å². The standard InChI is InChI=1S/C12H17NO5S/c1-18-7-8-19(16,17)13-6-5-10-3-2-4-11(9-10)12(14)15/h2-4,9,13H,5-8H2,1H3,(H,14,15). The number of methoxy groups -OCH3 is 1. The molecule has 0 saturated carbocycles. The van der Waals surface area contributed by atoms with Crippen LogP contribution in [0, 0.1) is 0 Å². The third-order valence-corrected chi connectivity index (χ3v) is 3.81. The van der Waals surface area contributed by atoms with E-state index in [1.807, 2.05) is 0 Å². The Morgan fingerprint density at radius 1 is 1.42 bits per heavy atom. The monoisotopic (exact) mass is 287 g/mol. The summed E-state index contributed by atoms with van der Waals surface area (Å²) in [5, 5.41) is 8.84. The van der Waals surface area contributed by atoms with Gasteiger partial charge in [-0.1, -0.05) is 12.1 Å². The van der Waals surface area contributed by atoms with Crippen LogP contribution in [0.2, 0.25) is 0 Å². The molecule has 1 aromatic carbocycles. The zero-order chi connectivity index (χ0) is 14.3. The number of carboxylic acid groups (broad SMARTS) is 1. The third kappa shape index (κ3) is 5.82. The number of carbonyl (C=O) groups is 1. The zero-order valence-corrected chi connectivity index (χ0v) is 11.4. The summed E-state index contributed by atoms with van der Waals surface area (Å²) in [4.78, 5) is 10.8. The van der Waals surface area contributed by atoms with Crippen molar-refractivity contribution in [2.75, 3.05) is 26.0 Å². The molecule has 0 spiro atoms. The summed E-state index contributed by atoms with van der Waals surface area (Å²) in [6.07, 6.45) is 0.438. The number of ether oxygens (including phenoxy) is 1. The molecule has 0 aromatic heterocycles. The van der Waals surface area contributed by atoms with Crippen molar-refractivity contribution >= 4 is 16.0 Å². The summed E-state index contributed by atoms with van der Waals surface area (Å²) in [5.74, 6) is -1.08. The molecule has 0 aliphatic heterocycles. The Kier molecular flexibility index (Phi) is 5.94. The summed E-state index contributed by atoms with van der Waals surface area (Å²) in [6, 6.07) is 6.43. The van der Waals surface area contributed by atoms with E-state index in [2.05, 4.69) is 4.72 Å². The largest absolute Gasteiger partial charge is 0.478 e. The Morgan fingerprint density at radius 2 is 2.16 bits per heavy atom. The zero-order valence-electron chi connectivity index (χ0n) is 10.6. The predicted octanol–water partition coefficient (Wildman–Crippen LogP) is 0.493. The second-order valence-electron chi connectivity index (χ2n) is 3.96. The third-order valence-electron chi connectivity index (χ3n) is 2.47. The van der Waals surface area contributed by atoms with Crippen molar-refractivity contribution < 1.29 is 23.1 Å². The van der Waals surface area contributed by atoms with Gasteiger partial charge in [0.2, 0.25) is 10.0 Å². The van der Waals surface area contributed by atoms with Crippen molar-refractivity contribution in [3.05, 3.63) is 35.4 Å². The van der Waals surface area contributed by atoms with Gasteiger partial charge in [-0.15, -0.1) is 0 Å². The highest BCUT2D eigenvalue weighted by atomic mass is 32.2. The van der Waals surface area contributed by atoms with E-state index in [0.717, 1.165) is 5.56 Å². The van der Waals surface area contributed by atoms with E-state index in [0.29, 0.717) is 6.42 Å². The summed E-state index contributed by atoms with van der Waals surface area (Å²) >= 11 is 0. The molecule has 6 nitrogen and oxygen atoms in total. The maximum atomic E-state index is 11.5. The lowest BCUT2D eigenvalue weighted by Crippen LogP contribution is -2.30. The van der Waals surface area contributed by atoms with Gasteiger partial charge in [-0.3, -0.25) is 0 Å². The summed E-state index contributed by atoms with van der Waals surface area (Å²) in [7, 11) is -1.89. The molecular formula is C12H17NO5S. The summed E-state index contributed by atoms with van der Waals surface area (Å²) in [5.41, 5.74) is 0.967. The minimum absolute atomic E-state index is 0.0847. The fourth-order valence-electron chi connectivity index (χ4n) is 1.48. The molecule has 0 aliphatic rings. The molecule has 0 saturated heterocycles. The minimum Gasteiger partial charge on any atom is -0.478 e. The van der Waals surface area contributed by atoms with Gasteiger partial charge in [-0.25, -0.2) is 17.9 Å². The number of hydrogen-bond acceptors (Lipinski definition) is 4. The highest BCUT2D eigenvalue weighted by Gasteiger charge is 2.09. The van der Waals surface area contributed by atoms with E-state index in [-0.39, 0.29) is 24.5 Å². The van der Waals surface area contributed by atoms with E-state index in [4.69, 9.17) is 9.84 Å². The maximum absolute atomic E-state index is 11.5. The van der Waals surface area contributed by atoms with Crippen LogP contribution in [0.15, 0.2) is 24.3 Å². The summed E-state index contributed by atoms with van der Waals surface area (Å²) in [6.45, 7) is 0.374. The van der Waals surface area contributed by atoms with Gasteiger partial charge < -0.3 is 9.84 Å². The molecule has 106 valence electrons. The number of hydrogen-bond donors (Lipinski definition) is 2. The van der Waals surface area contributed by atoms with Crippen LogP contribution in [0.4, 0.5) is 0 Å². The van der Waals surface area contributed by atoms with Gasteiger partial charge in [0.05, 0.1) is 17.9 Å². The van der Waals surface area contributed by atoms with Crippen LogP contribution in [0.3, 0.4) is 0 Å². The van der Waals surface area contributed by atoms with Crippen LogP contribution >= 0.6 is 0 Å². The van der Waals surface area contributed by atoms with Gasteiger partial charge in [0.25, 0.3) is 0 Å². The average Bonchev–Trinajstić information content (AvgIpc) is 2.36. The van der Waals surface area contributed by atoms with Crippen molar-refractivity contribution in [3.8, 4) is 0 Å².